The van der Waals surface area contributed by atoms with Crippen LogP contribution in [0.1, 0.15) is 16.7 Å². The van der Waals surface area contributed by atoms with Crippen LogP contribution in [0.3, 0.4) is 0 Å². The van der Waals surface area contributed by atoms with E-state index in [1.54, 1.807) is 29.9 Å². The average molecular weight is 459 g/mol. The number of pyridine rings is 1. The van der Waals surface area contributed by atoms with E-state index in [0.717, 1.165) is 22.4 Å². The first-order valence-electron chi connectivity index (χ1n) is 11.1. The molecule has 0 N–H and O–H groups in total. The Morgan fingerprint density at radius 2 is 1.82 bits per heavy atom. The van der Waals surface area contributed by atoms with E-state index >= 15 is 0 Å². The number of fused-ring (bicyclic) bond motifs is 5. The molecule has 3 heterocycles. The van der Waals surface area contributed by atoms with Gasteiger partial charge < -0.3 is 23.5 Å². The van der Waals surface area contributed by atoms with Crippen LogP contribution in [0.5, 0.6) is 23.0 Å². The van der Waals surface area contributed by atoms with Crippen LogP contribution in [-0.2, 0) is 19.4 Å². The van der Waals surface area contributed by atoms with Crippen LogP contribution in [0.15, 0.2) is 53.3 Å². The molecule has 0 atom stereocenters. The van der Waals surface area contributed by atoms with Gasteiger partial charge in [-0.1, -0.05) is 18.2 Å². The third-order valence-corrected chi connectivity index (χ3v) is 6.67. The molecule has 6 rings (SSSR count). The zero-order valence-electron chi connectivity index (χ0n) is 18.8. The van der Waals surface area contributed by atoms with E-state index in [4.69, 9.17) is 18.9 Å². The van der Waals surface area contributed by atoms with Crippen molar-refractivity contribution < 1.29 is 23.3 Å². The van der Waals surface area contributed by atoms with Crippen molar-refractivity contribution >= 4 is 10.8 Å². The van der Waals surface area contributed by atoms with Crippen LogP contribution in [0.4, 0.5) is 4.39 Å². The Morgan fingerprint density at radius 3 is 2.59 bits per heavy atom. The SMILES string of the molecule is COc1ccc2c(Cc3ccccc3F)c3n(c(=O)c2c1OC)CCc1cc2c(cc1-3)OCO2. The number of ether oxygens (including phenoxy) is 4. The van der Waals surface area contributed by atoms with Crippen LogP contribution < -0.4 is 24.5 Å². The smallest absolute Gasteiger partial charge is 0.262 e. The summed E-state index contributed by atoms with van der Waals surface area (Å²) in [5.74, 6) is 1.92. The zero-order valence-corrected chi connectivity index (χ0v) is 18.8. The molecule has 2 aliphatic heterocycles. The highest BCUT2D eigenvalue weighted by atomic mass is 19.1. The highest BCUT2D eigenvalue weighted by molar-refractivity contribution is 5.96. The fourth-order valence-electron chi connectivity index (χ4n) is 5.09. The van der Waals surface area contributed by atoms with E-state index in [0.29, 0.717) is 58.7 Å². The molecule has 0 amide bonds. The van der Waals surface area contributed by atoms with Crippen LogP contribution in [0.25, 0.3) is 22.0 Å². The minimum atomic E-state index is -0.289. The number of hydrogen-bond donors (Lipinski definition) is 0. The lowest BCUT2D eigenvalue weighted by atomic mass is 9.88. The lowest BCUT2D eigenvalue weighted by Crippen LogP contribution is -2.28. The van der Waals surface area contributed by atoms with E-state index in [2.05, 4.69) is 0 Å². The normalized spacial score (nSPS) is 13.5. The summed E-state index contributed by atoms with van der Waals surface area (Å²) < 4.78 is 38.8. The number of hydrogen-bond acceptors (Lipinski definition) is 5. The van der Waals surface area contributed by atoms with Gasteiger partial charge in [0.2, 0.25) is 6.79 Å². The molecule has 0 fully saturated rings. The Morgan fingerprint density at radius 1 is 1.03 bits per heavy atom. The monoisotopic (exact) mass is 459 g/mol. The highest BCUT2D eigenvalue weighted by Gasteiger charge is 2.29. The first-order chi connectivity index (χ1) is 16.6. The van der Waals surface area contributed by atoms with Crippen molar-refractivity contribution in [3.05, 3.63) is 81.4 Å². The Balaban J connectivity index is 1.72. The van der Waals surface area contributed by atoms with Crippen molar-refractivity contribution in [2.75, 3.05) is 21.0 Å². The molecule has 0 bridgehead atoms. The van der Waals surface area contributed by atoms with Crippen molar-refractivity contribution in [2.45, 2.75) is 19.4 Å². The molecule has 0 spiro atoms. The van der Waals surface area contributed by atoms with Gasteiger partial charge in [0, 0.05) is 18.5 Å². The number of aryl methyl sites for hydroxylation is 1. The topological polar surface area (TPSA) is 58.9 Å². The summed E-state index contributed by atoms with van der Waals surface area (Å²) in [6.07, 6.45) is 0.970. The lowest BCUT2D eigenvalue weighted by molar-refractivity contribution is 0.174. The summed E-state index contributed by atoms with van der Waals surface area (Å²) >= 11 is 0. The average Bonchev–Trinajstić information content (AvgIpc) is 3.32. The second-order valence-electron chi connectivity index (χ2n) is 8.39. The van der Waals surface area contributed by atoms with Crippen molar-refractivity contribution in [1.29, 1.82) is 0 Å². The molecule has 0 saturated carbocycles. The third kappa shape index (κ3) is 2.96. The molecule has 0 radical (unpaired) electrons. The number of aromatic nitrogens is 1. The minimum Gasteiger partial charge on any atom is -0.493 e. The number of benzene rings is 3. The fraction of sp³-hybridized carbons (Fsp3) is 0.222. The summed E-state index contributed by atoms with van der Waals surface area (Å²) in [4.78, 5) is 13.8. The quantitative estimate of drug-likeness (QED) is 0.443. The van der Waals surface area contributed by atoms with Crippen molar-refractivity contribution in [1.82, 2.24) is 4.57 Å². The van der Waals surface area contributed by atoms with Gasteiger partial charge in [-0.25, -0.2) is 4.39 Å². The van der Waals surface area contributed by atoms with Gasteiger partial charge in [0.25, 0.3) is 5.56 Å². The first-order valence-corrected chi connectivity index (χ1v) is 11.1. The fourth-order valence-corrected chi connectivity index (χ4v) is 5.09. The van der Waals surface area contributed by atoms with Gasteiger partial charge in [-0.15, -0.1) is 0 Å². The van der Waals surface area contributed by atoms with E-state index in [9.17, 15) is 9.18 Å². The molecule has 6 nitrogen and oxygen atoms in total. The summed E-state index contributed by atoms with van der Waals surface area (Å²) in [5.41, 5.74) is 3.97. The standard InChI is InChI=1S/C27H22FNO5/c1-31-21-8-7-17-19(11-16-5-3-4-6-20(16)28)25-18-13-23-22(33-14-34-23)12-15(18)9-10-29(25)27(30)24(17)26(21)32-2/h3-8,12-13H,9-11,14H2,1-2H3. The molecule has 7 heteroatoms. The number of nitrogens with zero attached hydrogens (tertiary/aromatic N) is 1. The molecule has 172 valence electrons. The first kappa shape index (κ1) is 20.6. The maximum absolute atomic E-state index is 14.8. The summed E-state index contributed by atoms with van der Waals surface area (Å²) in [6, 6.07) is 14.3. The molecule has 3 aromatic carbocycles. The number of halogens is 1. The van der Waals surface area contributed by atoms with Crippen LogP contribution in [0.2, 0.25) is 0 Å². The van der Waals surface area contributed by atoms with E-state index in [-0.39, 0.29) is 18.2 Å². The minimum absolute atomic E-state index is 0.165. The van der Waals surface area contributed by atoms with E-state index < -0.39 is 0 Å². The molecule has 0 unspecified atom stereocenters. The van der Waals surface area contributed by atoms with Gasteiger partial charge >= 0.3 is 0 Å². The molecule has 0 aliphatic carbocycles. The van der Waals surface area contributed by atoms with Crippen molar-refractivity contribution in [2.24, 2.45) is 0 Å². The second kappa shape index (κ2) is 7.80. The van der Waals surface area contributed by atoms with Gasteiger partial charge in [0.1, 0.15) is 5.82 Å². The maximum atomic E-state index is 14.8. The van der Waals surface area contributed by atoms with Crippen LogP contribution in [0, 0.1) is 5.82 Å². The Kier molecular flexibility index (Phi) is 4.72. The lowest BCUT2D eigenvalue weighted by Gasteiger charge is -2.27. The molecule has 4 aromatic rings. The molecule has 1 aromatic heterocycles. The molecule has 2 aliphatic rings. The van der Waals surface area contributed by atoms with Gasteiger partial charge in [-0.05, 0) is 58.8 Å². The molecular formula is C27H22FNO5. The van der Waals surface area contributed by atoms with Gasteiger partial charge in [0.15, 0.2) is 23.0 Å². The maximum Gasteiger partial charge on any atom is 0.262 e. The van der Waals surface area contributed by atoms with Crippen molar-refractivity contribution in [3.8, 4) is 34.3 Å². The predicted octanol–water partition coefficient (Wildman–Crippen LogP) is 4.70. The summed E-state index contributed by atoms with van der Waals surface area (Å²) in [5, 5.41) is 1.14. The highest BCUT2D eigenvalue weighted by Crippen LogP contribution is 2.44. The summed E-state index contributed by atoms with van der Waals surface area (Å²) in [7, 11) is 3.06. The second-order valence-corrected chi connectivity index (χ2v) is 8.39. The summed E-state index contributed by atoms with van der Waals surface area (Å²) in [6.45, 7) is 0.656. The molecular weight excluding hydrogens is 437 g/mol. The van der Waals surface area contributed by atoms with Crippen LogP contribution >= 0.6 is 0 Å². The molecule has 0 saturated heterocycles. The van der Waals surface area contributed by atoms with Crippen LogP contribution in [-0.4, -0.2) is 25.6 Å². The Hall–Kier alpha value is -4.00. The van der Waals surface area contributed by atoms with E-state index in [1.165, 1.54) is 13.2 Å². The zero-order chi connectivity index (χ0) is 23.4. The van der Waals surface area contributed by atoms with Gasteiger partial charge in [-0.3, -0.25) is 4.79 Å². The Bertz CT molecular complexity index is 1520. The van der Waals surface area contributed by atoms with E-state index in [1.807, 2.05) is 24.3 Å². The number of rotatable bonds is 4. The largest absolute Gasteiger partial charge is 0.493 e. The van der Waals surface area contributed by atoms with Gasteiger partial charge in [-0.2, -0.15) is 0 Å². The number of methoxy groups -OCH3 is 2. The van der Waals surface area contributed by atoms with Crippen molar-refractivity contribution in [3.63, 3.8) is 0 Å². The third-order valence-electron chi connectivity index (χ3n) is 6.67. The Labute approximate surface area is 195 Å². The predicted molar refractivity (Wildman–Crippen MR) is 126 cm³/mol. The molecule has 34 heavy (non-hydrogen) atoms. The van der Waals surface area contributed by atoms with Gasteiger partial charge in [0.05, 0.1) is 25.3 Å².